The zero-order chi connectivity index (χ0) is 30.2. The number of benzene rings is 2. The number of carbonyl (C=O) groups is 2. The summed E-state index contributed by atoms with van der Waals surface area (Å²) in [5.41, 5.74) is 2.71. The van der Waals surface area contributed by atoms with E-state index in [4.69, 9.17) is 9.73 Å². The summed E-state index contributed by atoms with van der Waals surface area (Å²) < 4.78 is 6.35. The third-order valence-electron chi connectivity index (χ3n) is 8.65. The molecule has 2 aromatic rings. The molecule has 6 heteroatoms. The predicted molar refractivity (Wildman–Crippen MR) is 170 cm³/mol. The Kier molecular flexibility index (Phi) is 9.23. The minimum atomic E-state index is -0.575. The first-order chi connectivity index (χ1) is 19.1. The Morgan fingerprint density at radius 3 is 2.22 bits per heavy atom. The Bertz CT molecular complexity index is 1280. The molecule has 4 rings (SSSR count). The first-order valence-electron chi connectivity index (χ1n) is 15.1. The standard InChI is InChI=1S/C35H47BrN2O3/c1-23(2)41-32(40)25-14-12-24(13-15-25)29(18-19-33(3,4)5)38-31(39)30(26-10-9-11-28(36)22-26)37-35(38)20-16-27(17-21-35)34(6,7)8/h9-15,22-23,27,29H,16-21H2,1-8H3/t27?,29-,35?/m1/s1. The molecule has 1 spiro atoms. The van der Waals surface area contributed by atoms with E-state index in [1.165, 1.54) is 0 Å². The molecule has 1 saturated carbocycles. The summed E-state index contributed by atoms with van der Waals surface area (Å²) in [6.45, 7) is 17.4. The minimum absolute atomic E-state index is 0.000452. The Balaban J connectivity index is 1.77. The largest absolute Gasteiger partial charge is 0.459 e. The molecule has 0 N–H and O–H groups in total. The lowest BCUT2D eigenvalue weighted by Crippen LogP contribution is -2.51. The number of amides is 1. The van der Waals surface area contributed by atoms with Crippen molar-refractivity contribution in [2.45, 2.75) is 112 Å². The second kappa shape index (κ2) is 12.0. The van der Waals surface area contributed by atoms with Crippen LogP contribution in [0, 0.1) is 16.7 Å². The third kappa shape index (κ3) is 7.31. The molecule has 2 aromatic carbocycles. The maximum atomic E-state index is 14.5. The molecule has 1 aliphatic heterocycles. The SMILES string of the molecule is CC(C)OC(=O)c1ccc([C@@H](CCC(C)(C)C)N2C(=O)C(c3cccc(Br)c3)=NC23CCC(C(C)(C)C)CC3)cc1. The normalized spacial score (nSPS) is 22.3. The van der Waals surface area contributed by atoms with Crippen molar-refractivity contribution in [2.75, 3.05) is 0 Å². The Labute approximate surface area is 255 Å². The molecule has 5 nitrogen and oxygen atoms in total. The summed E-state index contributed by atoms with van der Waals surface area (Å²) in [5.74, 6) is 0.265. The van der Waals surface area contributed by atoms with Gasteiger partial charge in [0.2, 0.25) is 0 Å². The zero-order valence-electron chi connectivity index (χ0n) is 26.1. The molecule has 222 valence electrons. The number of esters is 1. The predicted octanol–water partition coefficient (Wildman–Crippen LogP) is 9.15. The van der Waals surface area contributed by atoms with Gasteiger partial charge in [0.1, 0.15) is 11.4 Å². The molecule has 1 heterocycles. The molecule has 0 aromatic heterocycles. The number of hydrogen-bond acceptors (Lipinski definition) is 4. The summed E-state index contributed by atoms with van der Waals surface area (Å²) in [5, 5.41) is 0. The minimum Gasteiger partial charge on any atom is -0.459 e. The van der Waals surface area contributed by atoms with Gasteiger partial charge < -0.3 is 9.64 Å². The second-order valence-electron chi connectivity index (χ2n) is 14.5. The van der Waals surface area contributed by atoms with Crippen molar-refractivity contribution in [3.8, 4) is 0 Å². The molecule has 0 radical (unpaired) electrons. The van der Waals surface area contributed by atoms with Gasteiger partial charge in [-0.2, -0.15) is 0 Å². The quantitative estimate of drug-likeness (QED) is 0.289. The van der Waals surface area contributed by atoms with Crippen LogP contribution >= 0.6 is 15.9 Å². The van der Waals surface area contributed by atoms with Crippen LogP contribution in [-0.2, 0) is 9.53 Å². The molecular weight excluding hydrogens is 576 g/mol. The number of ether oxygens (including phenoxy) is 1. The van der Waals surface area contributed by atoms with E-state index < -0.39 is 5.66 Å². The van der Waals surface area contributed by atoms with Crippen LogP contribution in [0.4, 0.5) is 0 Å². The van der Waals surface area contributed by atoms with Gasteiger partial charge in [-0.25, -0.2) is 4.79 Å². The fourth-order valence-electron chi connectivity index (χ4n) is 6.31. The van der Waals surface area contributed by atoms with Crippen LogP contribution in [0.25, 0.3) is 0 Å². The van der Waals surface area contributed by atoms with Crippen LogP contribution in [0.1, 0.15) is 121 Å². The first kappa shape index (κ1) is 31.5. The van der Waals surface area contributed by atoms with Gasteiger partial charge in [-0.3, -0.25) is 9.79 Å². The maximum Gasteiger partial charge on any atom is 0.338 e. The highest BCUT2D eigenvalue weighted by atomic mass is 79.9. The number of nitrogens with zero attached hydrogens (tertiary/aromatic N) is 2. The monoisotopic (exact) mass is 622 g/mol. The van der Waals surface area contributed by atoms with E-state index in [1.54, 1.807) is 0 Å². The first-order valence-corrected chi connectivity index (χ1v) is 15.9. The molecule has 1 aliphatic carbocycles. The third-order valence-corrected chi connectivity index (χ3v) is 9.15. The number of hydrogen-bond donors (Lipinski definition) is 0. The van der Waals surface area contributed by atoms with Crippen LogP contribution in [0.5, 0.6) is 0 Å². The van der Waals surface area contributed by atoms with E-state index in [0.717, 1.165) is 54.1 Å². The Morgan fingerprint density at radius 2 is 1.68 bits per heavy atom. The number of halogens is 1. The molecule has 0 saturated heterocycles. The summed E-state index contributed by atoms with van der Waals surface area (Å²) in [6, 6.07) is 15.4. The average molecular weight is 624 g/mol. The number of carbonyl (C=O) groups excluding carboxylic acids is 2. The van der Waals surface area contributed by atoms with Crippen LogP contribution in [-0.4, -0.2) is 34.3 Å². The molecule has 0 unspecified atom stereocenters. The van der Waals surface area contributed by atoms with Crippen LogP contribution in [0.3, 0.4) is 0 Å². The highest BCUT2D eigenvalue weighted by Gasteiger charge is 2.52. The lowest BCUT2D eigenvalue weighted by molar-refractivity contribution is -0.134. The molecule has 1 amide bonds. The summed E-state index contributed by atoms with van der Waals surface area (Å²) in [7, 11) is 0. The summed E-state index contributed by atoms with van der Waals surface area (Å²) in [4.78, 5) is 34.5. The zero-order valence-corrected chi connectivity index (χ0v) is 27.7. The van der Waals surface area contributed by atoms with E-state index >= 15 is 0 Å². The van der Waals surface area contributed by atoms with Gasteiger partial charge in [0, 0.05) is 10.0 Å². The van der Waals surface area contributed by atoms with E-state index in [2.05, 4.69) is 62.4 Å². The van der Waals surface area contributed by atoms with E-state index in [1.807, 2.05) is 62.4 Å². The van der Waals surface area contributed by atoms with Crippen LogP contribution in [0.15, 0.2) is 58.0 Å². The van der Waals surface area contributed by atoms with Crippen molar-refractivity contribution in [3.63, 3.8) is 0 Å². The van der Waals surface area contributed by atoms with Gasteiger partial charge >= 0.3 is 5.97 Å². The fourth-order valence-corrected chi connectivity index (χ4v) is 6.70. The smallest absolute Gasteiger partial charge is 0.338 e. The van der Waals surface area contributed by atoms with Crippen molar-refractivity contribution in [2.24, 2.45) is 21.7 Å². The highest BCUT2D eigenvalue weighted by Crippen LogP contribution is 2.50. The van der Waals surface area contributed by atoms with Crippen molar-refractivity contribution in [1.82, 2.24) is 4.90 Å². The van der Waals surface area contributed by atoms with Crippen LogP contribution < -0.4 is 0 Å². The van der Waals surface area contributed by atoms with Gasteiger partial charge in [0.25, 0.3) is 5.91 Å². The van der Waals surface area contributed by atoms with E-state index in [9.17, 15) is 9.59 Å². The molecule has 1 fully saturated rings. The molecule has 2 aliphatic rings. The lowest BCUT2D eigenvalue weighted by Gasteiger charge is -2.47. The van der Waals surface area contributed by atoms with Gasteiger partial charge in [-0.15, -0.1) is 0 Å². The Hall–Kier alpha value is -2.47. The Morgan fingerprint density at radius 1 is 1.05 bits per heavy atom. The molecule has 0 bridgehead atoms. The molecule has 1 atom stereocenters. The number of rotatable bonds is 7. The van der Waals surface area contributed by atoms with E-state index in [-0.39, 0.29) is 34.9 Å². The summed E-state index contributed by atoms with van der Waals surface area (Å²) in [6.07, 6.45) is 5.36. The summed E-state index contributed by atoms with van der Waals surface area (Å²) >= 11 is 3.59. The molecule has 41 heavy (non-hydrogen) atoms. The topological polar surface area (TPSA) is 59.0 Å². The fraction of sp³-hybridized carbons (Fsp3) is 0.571. The van der Waals surface area contributed by atoms with Crippen molar-refractivity contribution in [1.29, 1.82) is 0 Å². The average Bonchev–Trinajstić information content (AvgIpc) is 3.15. The maximum absolute atomic E-state index is 14.5. The molecular formula is C35H47BrN2O3. The lowest BCUT2D eigenvalue weighted by atomic mass is 9.69. The van der Waals surface area contributed by atoms with Gasteiger partial charge in [0.15, 0.2) is 0 Å². The van der Waals surface area contributed by atoms with Gasteiger partial charge in [-0.1, -0.05) is 81.7 Å². The van der Waals surface area contributed by atoms with Crippen molar-refractivity contribution in [3.05, 3.63) is 69.7 Å². The van der Waals surface area contributed by atoms with Gasteiger partial charge in [0.05, 0.1) is 17.7 Å². The second-order valence-corrected chi connectivity index (χ2v) is 15.4. The van der Waals surface area contributed by atoms with Crippen molar-refractivity contribution < 1.29 is 14.3 Å². The van der Waals surface area contributed by atoms with Crippen LogP contribution in [0.2, 0.25) is 0 Å². The van der Waals surface area contributed by atoms with Crippen molar-refractivity contribution >= 4 is 33.5 Å². The number of aliphatic imine (C=N–C) groups is 1. The van der Waals surface area contributed by atoms with E-state index in [0.29, 0.717) is 17.2 Å². The highest BCUT2D eigenvalue weighted by molar-refractivity contribution is 9.10. The van der Waals surface area contributed by atoms with Gasteiger partial charge in [-0.05, 0) is 98.9 Å².